The molecule has 0 aliphatic carbocycles. The minimum atomic E-state index is 0.810. The van der Waals surface area contributed by atoms with Gasteiger partial charge in [0.25, 0.3) is 0 Å². The highest BCUT2D eigenvalue weighted by molar-refractivity contribution is 4.97. The van der Waals surface area contributed by atoms with Gasteiger partial charge in [0.1, 0.15) is 0 Å². The summed E-state index contributed by atoms with van der Waals surface area (Å²) in [5, 5.41) is 6.71. The fourth-order valence-electron chi connectivity index (χ4n) is 2.38. The molecule has 2 fully saturated rings. The molecule has 0 radical (unpaired) electrons. The van der Waals surface area contributed by atoms with E-state index in [-0.39, 0.29) is 0 Å². The Morgan fingerprint density at radius 2 is 2.50 bits per heavy atom. The van der Waals surface area contributed by atoms with Crippen molar-refractivity contribution in [3.05, 3.63) is 0 Å². The molecule has 2 unspecified atom stereocenters. The Hall–Kier alpha value is -0.120. The van der Waals surface area contributed by atoms with Crippen LogP contribution in [0.5, 0.6) is 0 Å². The topological polar surface area (TPSA) is 27.3 Å². The van der Waals surface area contributed by atoms with Gasteiger partial charge in [-0.25, -0.2) is 0 Å². The molecule has 0 amide bonds. The molecule has 2 aliphatic rings. The minimum Gasteiger partial charge on any atom is -0.320 e. The summed E-state index contributed by atoms with van der Waals surface area (Å²) in [6.07, 6.45) is 2.68. The van der Waals surface area contributed by atoms with Crippen LogP contribution in [0.1, 0.15) is 12.8 Å². The van der Waals surface area contributed by atoms with E-state index < -0.39 is 0 Å². The highest BCUT2D eigenvalue weighted by atomic mass is 15.3. The summed E-state index contributed by atoms with van der Waals surface area (Å²) in [6, 6.07) is 1.66. The Kier molecular flexibility index (Phi) is 2.63. The number of hydrogen-bond acceptors (Lipinski definition) is 3. The summed E-state index contributed by atoms with van der Waals surface area (Å²) in [5.74, 6) is 0. The van der Waals surface area contributed by atoms with Gasteiger partial charge in [-0.15, -0.1) is 0 Å². The quantitative estimate of drug-likeness (QED) is 0.563. The van der Waals surface area contributed by atoms with E-state index in [4.69, 9.17) is 0 Å². The van der Waals surface area contributed by atoms with Crippen molar-refractivity contribution in [3.8, 4) is 0 Å². The van der Waals surface area contributed by atoms with Crippen LogP contribution in [0.3, 0.4) is 0 Å². The van der Waals surface area contributed by atoms with Crippen molar-refractivity contribution in [3.63, 3.8) is 0 Å². The van der Waals surface area contributed by atoms with E-state index in [0.717, 1.165) is 18.6 Å². The van der Waals surface area contributed by atoms with Crippen molar-refractivity contribution in [1.82, 2.24) is 15.5 Å². The maximum atomic E-state index is 3.52. The third-order valence-corrected chi connectivity index (χ3v) is 3.04. The summed E-state index contributed by atoms with van der Waals surface area (Å²) < 4.78 is 0. The molecule has 2 heterocycles. The second kappa shape index (κ2) is 3.73. The summed E-state index contributed by atoms with van der Waals surface area (Å²) in [7, 11) is 2.03. The molecule has 0 aromatic heterocycles. The van der Waals surface area contributed by atoms with Gasteiger partial charge < -0.3 is 10.6 Å². The SMILES string of the molecule is CNCCCN1CC2CC1CN2. The average molecular weight is 169 g/mol. The Morgan fingerprint density at radius 1 is 1.58 bits per heavy atom. The summed E-state index contributed by atoms with van der Waals surface area (Å²) in [4.78, 5) is 2.64. The van der Waals surface area contributed by atoms with Crippen LogP contribution >= 0.6 is 0 Å². The van der Waals surface area contributed by atoms with Crippen molar-refractivity contribution >= 4 is 0 Å². The monoisotopic (exact) mass is 169 g/mol. The molecule has 2 saturated heterocycles. The first kappa shape index (κ1) is 8.48. The first-order chi connectivity index (χ1) is 5.90. The van der Waals surface area contributed by atoms with Gasteiger partial charge in [-0.1, -0.05) is 0 Å². The predicted molar refractivity (Wildman–Crippen MR) is 50.3 cm³/mol. The number of likely N-dealkylation sites (tertiary alicyclic amines) is 1. The van der Waals surface area contributed by atoms with Crippen LogP contribution in [0.15, 0.2) is 0 Å². The largest absolute Gasteiger partial charge is 0.320 e. The molecule has 0 aromatic carbocycles. The number of fused-ring (bicyclic) bond motifs is 2. The Balaban J connectivity index is 1.69. The molecule has 70 valence electrons. The Bertz CT molecular complexity index is 149. The van der Waals surface area contributed by atoms with E-state index in [0.29, 0.717) is 0 Å². The van der Waals surface area contributed by atoms with Gasteiger partial charge in [-0.05, 0) is 33.0 Å². The van der Waals surface area contributed by atoms with Crippen molar-refractivity contribution in [1.29, 1.82) is 0 Å². The minimum absolute atomic E-state index is 0.810. The van der Waals surface area contributed by atoms with Gasteiger partial charge in [0.15, 0.2) is 0 Å². The van der Waals surface area contributed by atoms with Crippen LogP contribution in [-0.2, 0) is 0 Å². The number of piperazine rings is 1. The molecular weight excluding hydrogens is 150 g/mol. The lowest BCUT2D eigenvalue weighted by Gasteiger charge is -2.26. The first-order valence-corrected chi connectivity index (χ1v) is 5.02. The van der Waals surface area contributed by atoms with Crippen LogP contribution < -0.4 is 10.6 Å². The summed E-state index contributed by atoms with van der Waals surface area (Å²) in [5.41, 5.74) is 0. The van der Waals surface area contributed by atoms with Gasteiger partial charge in [-0.3, -0.25) is 4.90 Å². The van der Waals surface area contributed by atoms with Crippen molar-refractivity contribution < 1.29 is 0 Å². The zero-order valence-electron chi connectivity index (χ0n) is 7.84. The molecule has 0 aromatic rings. The highest BCUT2D eigenvalue weighted by Gasteiger charge is 2.36. The van der Waals surface area contributed by atoms with Gasteiger partial charge >= 0.3 is 0 Å². The number of nitrogens with one attached hydrogen (secondary N) is 2. The summed E-state index contributed by atoms with van der Waals surface area (Å²) in [6.45, 7) is 4.95. The van der Waals surface area contributed by atoms with Crippen LogP contribution in [0, 0.1) is 0 Å². The fraction of sp³-hybridized carbons (Fsp3) is 1.00. The highest BCUT2D eigenvalue weighted by Crippen LogP contribution is 2.22. The second-order valence-corrected chi connectivity index (χ2v) is 3.95. The van der Waals surface area contributed by atoms with E-state index in [1.807, 2.05) is 7.05 Å². The fourth-order valence-corrected chi connectivity index (χ4v) is 2.38. The van der Waals surface area contributed by atoms with Crippen LogP contribution in [0.2, 0.25) is 0 Å². The third kappa shape index (κ3) is 1.63. The van der Waals surface area contributed by atoms with Crippen molar-refractivity contribution in [2.45, 2.75) is 24.9 Å². The normalized spacial score (nSPS) is 34.8. The zero-order valence-corrected chi connectivity index (χ0v) is 7.84. The molecule has 0 spiro atoms. The van der Waals surface area contributed by atoms with Crippen LogP contribution in [0.25, 0.3) is 0 Å². The lowest BCUT2D eigenvalue weighted by molar-refractivity contribution is 0.223. The number of rotatable bonds is 4. The number of nitrogens with zero attached hydrogens (tertiary/aromatic N) is 1. The van der Waals surface area contributed by atoms with Crippen LogP contribution in [0.4, 0.5) is 0 Å². The molecule has 3 nitrogen and oxygen atoms in total. The Morgan fingerprint density at radius 3 is 3.08 bits per heavy atom. The predicted octanol–water partition coefficient (Wildman–Crippen LogP) is -0.358. The maximum absolute atomic E-state index is 3.52. The molecule has 2 rings (SSSR count). The number of hydrogen-bond donors (Lipinski definition) is 2. The average Bonchev–Trinajstić information content (AvgIpc) is 2.65. The van der Waals surface area contributed by atoms with Gasteiger partial charge in [0.2, 0.25) is 0 Å². The standard InChI is InChI=1S/C9H19N3/c1-10-3-2-4-12-7-8-5-9(12)6-11-8/h8-11H,2-7H2,1H3. The lowest BCUT2D eigenvalue weighted by Crippen LogP contribution is -2.44. The van der Waals surface area contributed by atoms with Gasteiger partial charge in [-0.2, -0.15) is 0 Å². The first-order valence-electron chi connectivity index (χ1n) is 5.02. The smallest absolute Gasteiger partial charge is 0.0236 e. The maximum Gasteiger partial charge on any atom is 0.0236 e. The van der Waals surface area contributed by atoms with Gasteiger partial charge in [0.05, 0.1) is 0 Å². The van der Waals surface area contributed by atoms with E-state index in [1.165, 1.54) is 32.5 Å². The lowest BCUT2D eigenvalue weighted by atomic mass is 10.2. The molecular formula is C9H19N3. The van der Waals surface area contributed by atoms with Crippen molar-refractivity contribution in [2.75, 3.05) is 33.2 Å². The molecule has 12 heavy (non-hydrogen) atoms. The molecule has 2 atom stereocenters. The van der Waals surface area contributed by atoms with E-state index in [1.54, 1.807) is 0 Å². The van der Waals surface area contributed by atoms with Crippen molar-refractivity contribution in [2.24, 2.45) is 0 Å². The van der Waals surface area contributed by atoms with E-state index in [9.17, 15) is 0 Å². The van der Waals surface area contributed by atoms with E-state index >= 15 is 0 Å². The Labute approximate surface area is 74.5 Å². The molecule has 3 heteroatoms. The molecule has 2 N–H and O–H groups in total. The van der Waals surface area contributed by atoms with Crippen LogP contribution in [-0.4, -0.2) is 50.2 Å². The zero-order chi connectivity index (χ0) is 8.39. The molecule has 2 bridgehead atoms. The molecule has 2 aliphatic heterocycles. The van der Waals surface area contributed by atoms with Gasteiger partial charge in [0, 0.05) is 25.2 Å². The summed E-state index contributed by atoms with van der Waals surface area (Å²) >= 11 is 0. The molecule has 0 saturated carbocycles. The second-order valence-electron chi connectivity index (χ2n) is 3.95. The third-order valence-electron chi connectivity index (χ3n) is 3.04. The van der Waals surface area contributed by atoms with E-state index in [2.05, 4.69) is 15.5 Å².